The second-order valence-corrected chi connectivity index (χ2v) is 13.7. The highest BCUT2D eigenvalue weighted by molar-refractivity contribution is 6.16. The lowest BCUT2D eigenvalue weighted by Gasteiger charge is -2.11. The van der Waals surface area contributed by atoms with Gasteiger partial charge in [0.25, 0.3) is 0 Å². The molecule has 0 unspecified atom stereocenters. The van der Waals surface area contributed by atoms with Crippen LogP contribution in [-0.4, -0.2) is 14.5 Å². The fourth-order valence-corrected chi connectivity index (χ4v) is 8.11. The first kappa shape index (κ1) is 30.3. The largest absolute Gasteiger partial charge is 0.454 e. The van der Waals surface area contributed by atoms with E-state index in [0.717, 1.165) is 66.4 Å². The van der Waals surface area contributed by atoms with Gasteiger partial charge in [-0.15, -0.1) is 0 Å². The molecule has 0 saturated heterocycles. The first-order chi connectivity index (χ1) is 26.8. The van der Waals surface area contributed by atoms with Crippen molar-refractivity contribution in [2.45, 2.75) is 0 Å². The Bertz CT molecular complexity index is 3200. The van der Waals surface area contributed by atoms with Crippen LogP contribution in [0.2, 0.25) is 0 Å². The van der Waals surface area contributed by atoms with Crippen LogP contribution in [0.1, 0.15) is 0 Å². The summed E-state index contributed by atoms with van der Waals surface area (Å²) in [7, 11) is 0. The molecule has 4 heteroatoms. The minimum absolute atomic E-state index is 0.667. The van der Waals surface area contributed by atoms with E-state index in [2.05, 4.69) is 168 Å². The van der Waals surface area contributed by atoms with E-state index in [1.165, 1.54) is 33.0 Å². The maximum absolute atomic E-state index is 6.84. The molecular formula is C50H31N3O. The van der Waals surface area contributed by atoms with Crippen molar-refractivity contribution >= 4 is 54.6 Å². The van der Waals surface area contributed by atoms with E-state index in [0.29, 0.717) is 5.82 Å². The molecule has 11 aromatic rings. The van der Waals surface area contributed by atoms with Crippen molar-refractivity contribution in [2.75, 3.05) is 0 Å². The van der Waals surface area contributed by atoms with Gasteiger partial charge in [0.15, 0.2) is 11.4 Å². The summed E-state index contributed by atoms with van der Waals surface area (Å²) in [5, 5.41) is 5.45. The highest BCUT2D eigenvalue weighted by Crippen LogP contribution is 2.42. The Kier molecular flexibility index (Phi) is 6.82. The molecule has 11 rings (SSSR count). The summed E-state index contributed by atoms with van der Waals surface area (Å²) in [6.45, 7) is 0. The first-order valence-corrected chi connectivity index (χ1v) is 18.2. The van der Waals surface area contributed by atoms with Gasteiger partial charge < -0.3 is 8.98 Å². The summed E-state index contributed by atoms with van der Waals surface area (Å²) in [5.74, 6) is 0.667. The van der Waals surface area contributed by atoms with Crippen molar-refractivity contribution in [2.24, 2.45) is 0 Å². The van der Waals surface area contributed by atoms with E-state index in [4.69, 9.17) is 14.4 Å². The van der Waals surface area contributed by atoms with Crippen molar-refractivity contribution in [3.8, 4) is 50.6 Å². The summed E-state index contributed by atoms with van der Waals surface area (Å²) in [5.41, 5.74) is 13.4. The van der Waals surface area contributed by atoms with Gasteiger partial charge in [-0.05, 0) is 58.7 Å². The summed E-state index contributed by atoms with van der Waals surface area (Å²) >= 11 is 0. The topological polar surface area (TPSA) is 43.9 Å². The molecule has 0 amide bonds. The van der Waals surface area contributed by atoms with Crippen LogP contribution in [0.15, 0.2) is 192 Å². The standard InChI is InChI=1S/C50H31N3O/c1-3-13-32(14-4-1)34-25-27-35(28-26-34)48-38-18-7-9-21-42(38)51-50(52-48)40-20-12-24-46-47(40)39-19-11-23-45(49(39)54-46)53-43-22-10-8-17-37(43)41-31-36(29-30-44(41)53)33-15-5-2-6-16-33/h1-31H. The third-order valence-electron chi connectivity index (χ3n) is 10.6. The molecule has 0 aliphatic rings. The van der Waals surface area contributed by atoms with Crippen LogP contribution in [0.25, 0.3) is 105 Å². The monoisotopic (exact) mass is 689 g/mol. The number of para-hydroxylation sites is 3. The Balaban J connectivity index is 1.10. The highest BCUT2D eigenvalue weighted by atomic mass is 16.3. The van der Waals surface area contributed by atoms with Crippen molar-refractivity contribution in [1.82, 2.24) is 14.5 Å². The molecule has 3 aromatic heterocycles. The third-order valence-corrected chi connectivity index (χ3v) is 10.6. The Morgan fingerprint density at radius 3 is 1.83 bits per heavy atom. The summed E-state index contributed by atoms with van der Waals surface area (Å²) in [6, 6.07) is 66.0. The molecule has 54 heavy (non-hydrogen) atoms. The molecular weight excluding hydrogens is 659 g/mol. The molecule has 0 spiro atoms. The average Bonchev–Trinajstić information content (AvgIpc) is 3.80. The lowest BCUT2D eigenvalue weighted by atomic mass is 10.0. The maximum atomic E-state index is 6.84. The average molecular weight is 690 g/mol. The summed E-state index contributed by atoms with van der Waals surface area (Å²) in [6.07, 6.45) is 0. The van der Waals surface area contributed by atoms with Gasteiger partial charge in [-0.3, -0.25) is 0 Å². The zero-order valence-corrected chi connectivity index (χ0v) is 29.1. The molecule has 0 radical (unpaired) electrons. The number of benzene rings is 8. The second-order valence-electron chi connectivity index (χ2n) is 13.7. The van der Waals surface area contributed by atoms with Crippen molar-refractivity contribution in [1.29, 1.82) is 0 Å². The quantitative estimate of drug-likeness (QED) is 0.181. The molecule has 0 N–H and O–H groups in total. The second kappa shape index (κ2) is 12.1. The number of nitrogens with zero attached hydrogens (tertiary/aromatic N) is 3. The molecule has 0 atom stereocenters. The number of rotatable bonds is 5. The Morgan fingerprint density at radius 1 is 0.407 bits per heavy atom. The van der Waals surface area contributed by atoms with Gasteiger partial charge in [-0.2, -0.15) is 0 Å². The highest BCUT2D eigenvalue weighted by Gasteiger charge is 2.21. The lowest BCUT2D eigenvalue weighted by Crippen LogP contribution is -1.96. The predicted octanol–water partition coefficient (Wildman–Crippen LogP) is 13.3. The molecule has 0 aliphatic heterocycles. The smallest absolute Gasteiger partial charge is 0.161 e. The van der Waals surface area contributed by atoms with E-state index in [9.17, 15) is 0 Å². The van der Waals surface area contributed by atoms with Gasteiger partial charge in [0, 0.05) is 38.1 Å². The van der Waals surface area contributed by atoms with E-state index < -0.39 is 0 Å². The van der Waals surface area contributed by atoms with Crippen LogP contribution >= 0.6 is 0 Å². The Labute approximate surface area is 311 Å². The molecule has 0 fully saturated rings. The van der Waals surface area contributed by atoms with E-state index in [1.54, 1.807) is 0 Å². The minimum Gasteiger partial charge on any atom is -0.454 e. The zero-order valence-electron chi connectivity index (χ0n) is 29.1. The fourth-order valence-electron chi connectivity index (χ4n) is 8.11. The molecule has 4 nitrogen and oxygen atoms in total. The summed E-state index contributed by atoms with van der Waals surface area (Å²) < 4.78 is 9.18. The van der Waals surface area contributed by atoms with E-state index in [-0.39, 0.29) is 0 Å². The summed E-state index contributed by atoms with van der Waals surface area (Å²) in [4.78, 5) is 10.5. The van der Waals surface area contributed by atoms with Crippen LogP contribution in [0.3, 0.4) is 0 Å². The van der Waals surface area contributed by atoms with Gasteiger partial charge in [-0.25, -0.2) is 9.97 Å². The predicted molar refractivity (Wildman–Crippen MR) is 223 cm³/mol. The number of fused-ring (bicyclic) bond motifs is 7. The molecule has 0 saturated carbocycles. The SMILES string of the molecule is c1ccc(-c2ccc(-c3nc(-c4cccc5oc6c(-n7c8ccccc8c8cc(-c9ccccc9)ccc87)cccc6c45)nc4ccccc34)cc2)cc1. The fraction of sp³-hybridized carbons (Fsp3) is 0. The van der Waals surface area contributed by atoms with E-state index in [1.807, 2.05) is 24.3 Å². The van der Waals surface area contributed by atoms with E-state index >= 15 is 0 Å². The van der Waals surface area contributed by atoms with Crippen LogP contribution in [-0.2, 0) is 0 Å². The van der Waals surface area contributed by atoms with Crippen LogP contribution in [0.4, 0.5) is 0 Å². The van der Waals surface area contributed by atoms with Crippen LogP contribution < -0.4 is 0 Å². The molecule has 8 aromatic carbocycles. The van der Waals surface area contributed by atoms with Gasteiger partial charge >= 0.3 is 0 Å². The molecule has 252 valence electrons. The van der Waals surface area contributed by atoms with Crippen LogP contribution in [0.5, 0.6) is 0 Å². The first-order valence-electron chi connectivity index (χ1n) is 18.2. The van der Waals surface area contributed by atoms with Crippen molar-refractivity contribution < 1.29 is 4.42 Å². The van der Waals surface area contributed by atoms with Gasteiger partial charge in [0.05, 0.1) is 27.9 Å². The zero-order chi connectivity index (χ0) is 35.6. The van der Waals surface area contributed by atoms with Crippen molar-refractivity contribution in [3.05, 3.63) is 188 Å². The van der Waals surface area contributed by atoms with Crippen molar-refractivity contribution in [3.63, 3.8) is 0 Å². The number of furan rings is 1. The molecule has 0 bridgehead atoms. The molecule has 0 aliphatic carbocycles. The normalized spacial score (nSPS) is 11.7. The lowest BCUT2D eigenvalue weighted by molar-refractivity contribution is 0.666. The number of aromatic nitrogens is 3. The Morgan fingerprint density at radius 2 is 1.02 bits per heavy atom. The maximum Gasteiger partial charge on any atom is 0.161 e. The number of hydrogen-bond donors (Lipinski definition) is 0. The van der Waals surface area contributed by atoms with Gasteiger partial charge in [0.2, 0.25) is 0 Å². The minimum atomic E-state index is 0.667. The third kappa shape index (κ3) is 4.78. The van der Waals surface area contributed by atoms with Gasteiger partial charge in [0.1, 0.15) is 5.58 Å². The molecule has 3 heterocycles. The number of hydrogen-bond acceptors (Lipinski definition) is 3. The van der Waals surface area contributed by atoms with Gasteiger partial charge in [-0.1, -0.05) is 152 Å². The van der Waals surface area contributed by atoms with Crippen LogP contribution in [0, 0.1) is 0 Å². The Hall–Kier alpha value is -7.30.